The van der Waals surface area contributed by atoms with Crippen LogP contribution in [0.2, 0.25) is 0 Å². The van der Waals surface area contributed by atoms with Crippen molar-refractivity contribution in [1.82, 2.24) is 9.62 Å². The zero-order chi connectivity index (χ0) is 18.3. The van der Waals surface area contributed by atoms with Crippen LogP contribution in [-0.2, 0) is 27.7 Å². The third kappa shape index (κ3) is 3.39. The van der Waals surface area contributed by atoms with E-state index >= 15 is 0 Å². The highest BCUT2D eigenvalue weighted by Gasteiger charge is 2.38. The number of nitrogens with zero attached hydrogens (tertiary/aromatic N) is 1. The zero-order valence-corrected chi connectivity index (χ0v) is 15.5. The summed E-state index contributed by atoms with van der Waals surface area (Å²) < 4.78 is 26.2. The van der Waals surface area contributed by atoms with Crippen molar-refractivity contribution >= 4 is 15.9 Å². The molecular formula is C20H22N2O3S. The summed E-state index contributed by atoms with van der Waals surface area (Å²) in [5.41, 5.74) is 4.31. The lowest BCUT2D eigenvalue weighted by Gasteiger charge is -2.30. The van der Waals surface area contributed by atoms with E-state index in [1.807, 2.05) is 35.2 Å². The molecule has 2 aliphatic heterocycles. The highest BCUT2D eigenvalue weighted by Crippen LogP contribution is 2.30. The molecule has 2 atom stereocenters. The summed E-state index contributed by atoms with van der Waals surface area (Å²) in [6, 6.07) is 15.9. The van der Waals surface area contributed by atoms with Crippen LogP contribution in [0, 0.1) is 0 Å². The van der Waals surface area contributed by atoms with E-state index in [-0.39, 0.29) is 18.0 Å². The summed E-state index contributed by atoms with van der Waals surface area (Å²) in [5.74, 6) is 0.0606. The number of fused-ring (bicyclic) bond motifs is 5. The average Bonchev–Trinajstić information content (AvgIpc) is 2.96. The van der Waals surface area contributed by atoms with Crippen LogP contribution in [-0.4, -0.2) is 44.1 Å². The monoisotopic (exact) mass is 370 g/mol. The molecule has 0 spiro atoms. The van der Waals surface area contributed by atoms with Crippen molar-refractivity contribution in [2.75, 3.05) is 12.8 Å². The summed E-state index contributed by atoms with van der Waals surface area (Å²) in [4.78, 5) is 14.9. The Kier molecular flexibility index (Phi) is 4.32. The maximum Gasteiger partial charge on any atom is 0.227 e. The molecule has 26 heavy (non-hydrogen) atoms. The van der Waals surface area contributed by atoms with E-state index in [0.29, 0.717) is 25.8 Å². The molecule has 6 heteroatoms. The van der Waals surface area contributed by atoms with Gasteiger partial charge in [0, 0.05) is 12.6 Å². The molecular weight excluding hydrogens is 348 g/mol. The van der Waals surface area contributed by atoms with Gasteiger partial charge in [0.05, 0.1) is 18.7 Å². The van der Waals surface area contributed by atoms with Crippen molar-refractivity contribution < 1.29 is 13.2 Å². The van der Waals surface area contributed by atoms with Gasteiger partial charge in [-0.2, -0.15) is 0 Å². The molecule has 1 saturated heterocycles. The predicted molar refractivity (Wildman–Crippen MR) is 101 cm³/mol. The van der Waals surface area contributed by atoms with Gasteiger partial charge in [-0.3, -0.25) is 4.79 Å². The van der Waals surface area contributed by atoms with Gasteiger partial charge in [0.2, 0.25) is 15.9 Å². The first-order valence-corrected chi connectivity index (χ1v) is 10.7. The van der Waals surface area contributed by atoms with Gasteiger partial charge in [0.15, 0.2) is 0 Å². The maximum atomic E-state index is 13.0. The minimum Gasteiger partial charge on any atom is -0.337 e. The quantitative estimate of drug-likeness (QED) is 0.879. The van der Waals surface area contributed by atoms with E-state index in [2.05, 4.69) is 22.9 Å². The van der Waals surface area contributed by atoms with Crippen LogP contribution in [0.4, 0.5) is 0 Å². The molecule has 5 nitrogen and oxygen atoms in total. The molecule has 0 aromatic heterocycles. The van der Waals surface area contributed by atoms with Crippen LogP contribution < -0.4 is 4.72 Å². The average molecular weight is 370 g/mol. The Morgan fingerprint density at radius 3 is 2.73 bits per heavy atom. The number of sulfonamides is 1. The van der Waals surface area contributed by atoms with Gasteiger partial charge in [0.1, 0.15) is 0 Å². The number of benzene rings is 2. The Morgan fingerprint density at radius 1 is 1.12 bits per heavy atom. The van der Waals surface area contributed by atoms with Gasteiger partial charge in [-0.05, 0) is 35.1 Å². The first-order chi connectivity index (χ1) is 12.4. The number of hydrogen-bond acceptors (Lipinski definition) is 3. The molecule has 0 aliphatic carbocycles. The van der Waals surface area contributed by atoms with Crippen LogP contribution in [0.3, 0.4) is 0 Å². The van der Waals surface area contributed by atoms with Crippen LogP contribution in [0.1, 0.15) is 17.5 Å². The second kappa shape index (κ2) is 6.52. The number of hydrogen-bond donors (Lipinski definition) is 1. The molecule has 2 heterocycles. The van der Waals surface area contributed by atoms with Crippen molar-refractivity contribution in [2.24, 2.45) is 0 Å². The van der Waals surface area contributed by atoms with Crippen LogP contribution >= 0.6 is 0 Å². The topological polar surface area (TPSA) is 66.5 Å². The summed E-state index contributed by atoms with van der Waals surface area (Å²) >= 11 is 0. The Hall–Kier alpha value is -2.18. The highest BCUT2D eigenvalue weighted by atomic mass is 32.2. The van der Waals surface area contributed by atoms with Crippen molar-refractivity contribution in [3.8, 4) is 11.1 Å². The molecule has 1 N–H and O–H groups in total. The smallest absolute Gasteiger partial charge is 0.227 e. The third-order valence-corrected chi connectivity index (χ3v) is 6.00. The lowest BCUT2D eigenvalue weighted by Crippen LogP contribution is -2.48. The molecule has 2 bridgehead atoms. The third-order valence-electron chi connectivity index (χ3n) is 5.27. The van der Waals surface area contributed by atoms with Crippen LogP contribution in [0.15, 0.2) is 48.5 Å². The number of rotatable bonds is 2. The summed E-state index contributed by atoms with van der Waals surface area (Å²) in [6.07, 6.45) is 2.80. The number of amides is 1. The largest absolute Gasteiger partial charge is 0.337 e. The van der Waals surface area contributed by atoms with Gasteiger partial charge in [-0.1, -0.05) is 48.5 Å². The SMILES string of the molecule is CS(=O)(=O)NC1CCN2C(=O)Cc3ccccc3-c3cccc(c3)CC12. The van der Waals surface area contributed by atoms with Crippen molar-refractivity contribution in [2.45, 2.75) is 31.3 Å². The minimum absolute atomic E-state index is 0.0606. The lowest BCUT2D eigenvalue weighted by molar-refractivity contribution is -0.131. The second-order valence-electron chi connectivity index (χ2n) is 7.18. The van der Waals surface area contributed by atoms with Crippen molar-refractivity contribution in [3.05, 3.63) is 59.7 Å². The van der Waals surface area contributed by atoms with E-state index in [9.17, 15) is 13.2 Å². The summed E-state index contributed by atoms with van der Waals surface area (Å²) in [5, 5.41) is 0. The summed E-state index contributed by atoms with van der Waals surface area (Å²) in [7, 11) is -3.32. The van der Waals surface area contributed by atoms with Gasteiger partial charge in [0.25, 0.3) is 0 Å². The fourth-order valence-corrected chi connectivity index (χ4v) is 4.98. The molecule has 2 aliphatic rings. The molecule has 2 unspecified atom stereocenters. The van der Waals surface area contributed by atoms with E-state index in [0.717, 1.165) is 22.3 Å². The van der Waals surface area contributed by atoms with Crippen LogP contribution in [0.25, 0.3) is 11.1 Å². The lowest BCUT2D eigenvalue weighted by atomic mass is 9.92. The first-order valence-electron chi connectivity index (χ1n) is 8.85. The molecule has 136 valence electrons. The number of nitrogens with one attached hydrogen (secondary N) is 1. The van der Waals surface area contributed by atoms with Crippen molar-refractivity contribution in [3.63, 3.8) is 0 Å². The molecule has 2 aromatic carbocycles. The number of carbonyl (C=O) groups excluding carboxylic acids is 1. The number of carbonyl (C=O) groups is 1. The normalized spacial score (nSPS) is 22.7. The Balaban J connectivity index is 1.78. The molecule has 1 fully saturated rings. The predicted octanol–water partition coefficient (Wildman–Crippen LogP) is 1.97. The van der Waals surface area contributed by atoms with Crippen molar-refractivity contribution in [1.29, 1.82) is 0 Å². The van der Waals surface area contributed by atoms with E-state index in [1.54, 1.807) is 0 Å². The minimum atomic E-state index is -3.32. The second-order valence-corrected chi connectivity index (χ2v) is 8.96. The first kappa shape index (κ1) is 17.2. The van der Waals surface area contributed by atoms with Gasteiger partial charge < -0.3 is 4.90 Å². The maximum absolute atomic E-state index is 13.0. The fraction of sp³-hybridized carbons (Fsp3) is 0.350. The molecule has 0 saturated carbocycles. The van der Waals surface area contributed by atoms with Gasteiger partial charge in [-0.25, -0.2) is 13.1 Å². The molecule has 0 radical (unpaired) electrons. The fourth-order valence-electron chi connectivity index (χ4n) is 4.16. The Morgan fingerprint density at radius 2 is 1.92 bits per heavy atom. The Labute approximate surface area is 154 Å². The molecule has 4 rings (SSSR count). The van der Waals surface area contributed by atoms with Crippen LogP contribution in [0.5, 0.6) is 0 Å². The molecule has 2 aromatic rings. The van der Waals surface area contributed by atoms with Gasteiger partial charge in [-0.15, -0.1) is 0 Å². The highest BCUT2D eigenvalue weighted by molar-refractivity contribution is 7.88. The van der Waals surface area contributed by atoms with E-state index in [1.165, 1.54) is 6.26 Å². The summed E-state index contributed by atoms with van der Waals surface area (Å²) in [6.45, 7) is 0.582. The van der Waals surface area contributed by atoms with E-state index < -0.39 is 10.0 Å². The zero-order valence-electron chi connectivity index (χ0n) is 14.7. The molecule has 1 amide bonds. The standard InChI is InChI=1S/C20H22N2O3S/c1-26(24,25)21-18-9-10-22-19(18)12-14-5-4-7-15(11-14)17-8-3-2-6-16(17)13-20(22)23/h2-8,11,18-19,21H,9-10,12-13H2,1H3. The van der Waals surface area contributed by atoms with Gasteiger partial charge >= 0.3 is 0 Å². The Bertz CT molecular complexity index is 955. The van der Waals surface area contributed by atoms with E-state index in [4.69, 9.17) is 0 Å².